The largest absolute Gasteiger partial charge is 0.350 e. The number of nitrogens with one attached hydrogen (secondary N) is 1. The Balaban J connectivity index is 1.80. The molecule has 3 rings (SSSR count). The summed E-state index contributed by atoms with van der Waals surface area (Å²) in [5.74, 6) is 2.87. The summed E-state index contributed by atoms with van der Waals surface area (Å²) < 4.78 is 6.33. The monoisotopic (exact) mass is 278 g/mol. The number of rotatable bonds is 4. The molecule has 1 N–H and O–H groups in total. The van der Waals surface area contributed by atoms with Gasteiger partial charge in [-0.05, 0) is 12.8 Å². The van der Waals surface area contributed by atoms with Gasteiger partial charge in [-0.1, -0.05) is 13.8 Å². The molecule has 0 saturated carbocycles. The van der Waals surface area contributed by atoms with Crippen LogP contribution >= 0.6 is 11.5 Å². The minimum absolute atomic E-state index is 0.208. The molecule has 1 aliphatic rings. The quantitative estimate of drug-likeness (QED) is 0.928. The van der Waals surface area contributed by atoms with Gasteiger partial charge in [-0.3, -0.25) is 0 Å². The predicted molar refractivity (Wildman–Crippen MR) is 74.3 cm³/mol. The highest BCUT2D eigenvalue weighted by atomic mass is 32.1. The standard InChI is InChI=1S/C12H18N6S/c1-3-9-14-11-8(6-5-7-18(11)16-9)13-12-15-10(4-2)17-19-12/h8H,3-7H2,1-2H3,(H,13,15,17)/t8-/m1/s1. The van der Waals surface area contributed by atoms with Crippen LogP contribution < -0.4 is 5.32 Å². The molecule has 1 atom stereocenters. The fraction of sp³-hybridized carbons (Fsp3) is 0.667. The number of anilines is 1. The van der Waals surface area contributed by atoms with Crippen LogP contribution in [0, 0.1) is 0 Å². The van der Waals surface area contributed by atoms with Gasteiger partial charge in [0.25, 0.3) is 0 Å². The van der Waals surface area contributed by atoms with Crippen molar-refractivity contribution in [2.24, 2.45) is 0 Å². The molecule has 0 fully saturated rings. The number of hydrogen-bond donors (Lipinski definition) is 1. The topological polar surface area (TPSA) is 68.5 Å². The van der Waals surface area contributed by atoms with Gasteiger partial charge in [0.1, 0.15) is 11.6 Å². The van der Waals surface area contributed by atoms with Gasteiger partial charge in [-0.25, -0.2) is 14.6 Å². The van der Waals surface area contributed by atoms with Crippen molar-refractivity contribution < 1.29 is 0 Å². The molecule has 19 heavy (non-hydrogen) atoms. The van der Waals surface area contributed by atoms with Crippen LogP contribution in [0.15, 0.2) is 0 Å². The van der Waals surface area contributed by atoms with Gasteiger partial charge in [-0.2, -0.15) is 9.47 Å². The summed E-state index contributed by atoms with van der Waals surface area (Å²) in [5.41, 5.74) is 0. The normalized spacial score (nSPS) is 18.3. The lowest BCUT2D eigenvalue weighted by molar-refractivity contribution is 0.437. The lowest BCUT2D eigenvalue weighted by atomic mass is 10.1. The van der Waals surface area contributed by atoms with Crippen molar-refractivity contribution in [3.8, 4) is 0 Å². The summed E-state index contributed by atoms with van der Waals surface area (Å²) in [6.07, 6.45) is 3.95. The van der Waals surface area contributed by atoms with E-state index in [1.165, 1.54) is 11.5 Å². The van der Waals surface area contributed by atoms with Crippen molar-refractivity contribution in [3.05, 3.63) is 17.5 Å². The number of hydrogen-bond acceptors (Lipinski definition) is 6. The zero-order valence-electron chi connectivity index (χ0n) is 11.3. The van der Waals surface area contributed by atoms with E-state index in [1.54, 1.807) is 0 Å². The predicted octanol–water partition coefficient (Wildman–Crippen LogP) is 2.20. The van der Waals surface area contributed by atoms with E-state index in [0.717, 1.165) is 54.8 Å². The Labute approximate surface area is 116 Å². The Hall–Kier alpha value is -1.50. The lowest BCUT2D eigenvalue weighted by Crippen LogP contribution is -2.22. The molecular formula is C12H18N6S. The van der Waals surface area contributed by atoms with Crippen LogP contribution in [0.25, 0.3) is 0 Å². The second kappa shape index (κ2) is 5.24. The second-order valence-corrected chi connectivity index (χ2v) is 5.42. The molecule has 0 aliphatic carbocycles. The Morgan fingerprint density at radius 3 is 2.84 bits per heavy atom. The molecule has 3 heterocycles. The van der Waals surface area contributed by atoms with Crippen LogP contribution in [0.4, 0.5) is 5.13 Å². The maximum absolute atomic E-state index is 4.62. The Kier molecular flexibility index (Phi) is 3.46. The molecule has 0 amide bonds. The zero-order valence-corrected chi connectivity index (χ0v) is 12.1. The summed E-state index contributed by atoms with van der Waals surface area (Å²) in [7, 11) is 0. The van der Waals surface area contributed by atoms with Gasteiger partial charge >= 0.3 is 0 Å². The third kappa shape index (κ3) is 2.47. The first-order valence-corrected chi connectivity index (χ1v) is 7.60. The van der Waals surface area contributed by atoms with Gasteiger partial charge in [0.05, 0.1) is 6.04 Å². The zero-order chi connectivity index (χ0) is 13.2. The van der Waals surface area contributed by atoms with Crippen LogP contribution in [0.5, 0.6) is 0 Å². The first-order chi connectivity index (χ1) is 9.30. The van der Waals surface area contributed by atoms with Crippen LogP contribution in [-0.4, -0.2) is 24.1 Å². The van der Waals surface area contributed by atoms with E-state index in [0.29, 0.717) is 0 Å². The Bertz CT molecular complexity index is 560. The Morgan fingerprint density at radius 2 is 2.11 bits per heavy atom. The number of fused-ring (bicyclic) bond motifs is 1. The van der Waals surface area contributed by atoms with Crippen molar-refractivity contribution in [1.29, 1.82) is 0 Å². The van der Waals surface area contributed by atoms with E-state index in [-0.39, 0.29) is 6.04 Å². The molecule has 0 spiro atoms. The smallest absolute Gasteiger partial charge is 0.203 e. The van der Waals surface area contributed by atoms with Crippen LogP contribution in [-0.2, 0) is 19.4 Å². The fourth-order valence-corrected chi connectivity index (χ4v) is 2.99. The highest BCUT2D eigenvalue weighted by molar-refractivity contribution is 7.09. The molecule has 7 heteroatoms. The van der Waals surface area contributed by atoms with Gasteiger partial charge in [0.2, 0.25) is 5.13 Å². The lowest BCUT2D eigenvalue weighted by Gasteiger charge is -2.22. The van der Waals surface area contributed by atoms with E-state index < -0.39 is 0 Å². The van der Waals surface area contributed by atoms with Crippen molar-refractivity contribution >= 4 is 16.7 Å². The maximum atomic E-state index is 4.62. The summed E-state index contributed by atoms with van der Waals surface area (Å²) in [6, 6.07) is 0.208. The molecule has 6 nitrogen and oxygen atoms in total. The van der Waals surface area contributed by atoms with E-state index in [9.17, 15) is 0 Å². The number of aryl methyl sites for hydroxylation is 3. The summed E-state index contributed by atoms with van der Waals surface area (Å²) in [5, 5.41) is 8.85. The van der Waals surface area contributed by atoms with Gasteiger partial charge < -0.3 is 5.32 Å². The summed E-state index contributed by atoms with van der Waals surface area (Å²) >= 11 is 1.43. The first-order valence-electron chi connectivity index (χ1n) is 6.83. The third-order valence-electron chi connectivity index (χ3n) is 3.32. The number of nitrogens with zero attached hydrogens (tertiary/aromatic N) is 5. The van der Waals surface area contributed by atoms with E-state index in [2.05, 4.69) is 38.6 Å². The molecule has 0 bridgehead atoms. The van der Waals surface area contributed by atoms with Crippen LogP contribution in [0.1, 0.15) is 50.2 Å². The molecule has 102 valence electrons. The van der Waals surface area contributed by atoms with E-state index in [1.807, 2.05) is 4.68 Å². The van der Waals surface area contributed by atoms with Gasteiger partial charge in [0.15, 0.2) is 5.82 Å². The van der Waals surface area contributed by atoms with Crippen molar-refractivity contribution in [1.82, 2.24) is 24.1 Å². The molecule has 0 unspecified atom stereocenters. The van der Waals surface area contributed by atoms with Crippen LogP contribution in [0.2, 0.25) is 0 Å². The van der Waals surface area contributed by atoms with Crippen molar-refractivity contribution in [2.45, 2.75) is 52.1 Å². The average Bonchev–Trinajstić information content (AvgIpc) is 3.05. The van der Waals surface area contributed by atoms with Crippen LogP contribution in [0.3, 0.4) is 0 Å². The number of aromatic nitrogens is 5. The SMILES string of the molecule is CCc1nsc(N[C@@H]2CCCn3nc(CC)nc32)n1. The molecule has 0 aromatic carbocycles. The van der Waals surface area contributed by atoms with Gasteiger partial charge in [0, 0.05) is 30.9 Å². The maximum Gasteiger partial charge on any atom is 0.203 e. The molecule has 0 radical (unpaired) electrons. The summed E-state index contributed by atoms with van der Waals surface area (Å²) in [6.45, 7) is 5.12. The minimum Gasteiger partial charge on any atom is -0.350 e. The second-order valence-electron chi connectivity index (χ2n) is 4.67. The molecule has 2 aromatic rings. The highest BCUT2D eigenvalue weighted by Gasteiger charge is 2.24. The van der Waals surface area contributed by atoms with Crippen molar-refractivity contribution in [3.63, 3.8) is 0 Å². The highest BCUT2D eigenvalue weighted by Crippen LogP contribution is 2.28. The van der Waals surface area contributed by atoms with E-state index >= 15 is 0 Å². The fourth-order valence-electron chi connectivity index (χ4n) is 2.29. The average molecular weight is 278 g/mol. The molecular weight excluding hydrogens is 260 g/mol. The minimum atomic E-state index is 0.208. The van der Waals surface area contributed by atoms with Gasteiger partial charge in [-0.15, -0.1) is 0 Å². The molecule has 1 aliphatic heterocycles. The first kappa shape index (κ1) is 12.5. The summed E-state index contributed by atoms with van der Waals surface area (Å²) in [4.78, 5) is 9.08. The van der Waals surface area contributed by atoms with Crippen molar-refractivity contribution in [2.75, 3.05) is 5.32 Å². The third-order valence-corrected chi connectivity index (χ3v) is 4.00. The molecule has 0 saturated heterocycles. The van der Waals surface area contributed by atoms with E-state index in [4.69, 9.17) is 0 Å². The Morgan fingerprint density at radius 1 is 1.26 bits per heavy atom. The molecule has 2 aromatic heterocycles.